The molecule has 0 fully saturated rings. The van der Waals surface area contributed by atoms with E-state index in [1.54, 1.807) is 0 Å². The lowest BCUT2D eigenvalue weighted by atomic mass is 10.0. The first-order chi connectivity index (χ1) is 30.5. The van der Waals surface area contributed by atoms with E-state index >= 15 is 0 Å². The van der Waals surface area contributed by atoms with Gasteiger partial charge in [-0.2, -0.15) is 0 Å². The smallest absolute Gasteiger partial charge is 0.306 e. The van der Waals surface area contributed by atoms with Crippen LogP contribution in [0.25, 0.3) is 0 Å². The van der Waals surface area contributed by atoms with E-state index in [9.17, 15) is 14.4 Å². The number of esters is 3. The van der Waals surface area contributed by atoms with Gasteiger partial charge in [0, 0.05) is 19.3 Å². The zero-order chi connectivity index (χ0) is 45.1. The van der Waals surface area contributed by atoms with Crippen molar-refractivity contribution in [2.45, 2.75) is 329 Å². The molecule has 0 aromatic carbocycles. The lowest BCUT2D eigenvalue weighted by molar-refractivity contribution is -0.167. The zero-order valence-electron chi connectivity index (χ0n) is 42.2. The number of hydrogen-bond acceptors (Lipinski definition) is 6. The van der Waals surface area contributed by atoms with Gasteiger partial charge < -0.3 is 14.2 Å². The molecule has 0 bridgehead atoms. The Morgan fingerprint density at radius 2 is 0.435 bits per heavy atom. The monoisotopic (exact) mass is 877 g/mol. The van der Waals surface area contributed by atoms with Crippen molar-refractivity contribution in [2.75, 3.05) is 13.2 Å². The average molecular weight is 877 g/mol. The van der Waals surface area contributed by atoms with Gasteiger partial charge in [0.1, 0.15) is 13.2 Å². The molecule has 0 aliphatic heterocycles. The maximum Gasteiger partial charge on any atom is 0.306 e. The molecule has 1 atom stereocenters. The Hall–Kier alpha value is -1.59. The van der Waals surface area contributed by atoms with E-state index in [2.05, 4.69) is 20.8 Å². The molecule has 0 radical (unpaired) electrons. The summed E-state index contributed by atoms with van der Waals surface area (Å²) in [5.74, 6) is -0.841. The van der Waals surface area contributed by atoms with Gasteiger partial charge in [-0.1, -0.05) is 284 Å². The minimum absolute atomic E-state index is 0.0617. The molecule has 62 heavy (non-hydrogen) atoms. The molecule has 0 amide bonds. The van der Waals surface area contributed by atoms with Crippen molar-refractivity contribution in [3.8, 4) is 0 Å². The Balaban J connectivity index is 4.14. The summed E-state index contributed by atoms with van der Waals surface area (Å²) in [4.78, 5) is 37.9. The molecule has 6 heteroatoms. The highest BCUT2D eigenvalue weighted by atomic mass is 16.6. The molecular formula is C56H108O6. The number of carbonyl (C=O) groups excluding carboxylic acids is 3. The SMILES string of the molecule is CCCCCCCCCCCCCCCCCCCCCCCCC(=O)OCC(COC(=O)CCCCCCCCCCC)OC(=O)CCCCCCCCCCCCCCC. The van der Waals surface area contributed by atoms with Gasteiger partial charge in [0.15, 0.2) is 6.10 Å². The highest BCUT2D eigenvalue weighted by molar-refractivity contribution is 5.71. The Morgan fingerprint density at radius 1 is 0.258 bits per heavy atom. The number of unbranched alkanes of at least 4 members (excludes halogenated alkanes) is 41. The molecule has 0 aromatic rings. The van der Waals surface area contributed by atoms with E-state index in [4.69, 9.17) is 14.2 Å². The van der Waals surface area contributed by atoms with Crippen LogP contribution in [0.2, 0.25) is 0 Å². The van der Waals surface area contributed by atoms with Gasteiger partial charge in [0.2, 0.25) is 0 Å². The Labute approximate surface area is 387 Å². The normalized spacial score (nSPS) is 11.9. The molecule has 0 aliphatic carbocycles. The van der Waals surface area contributed by atoms with Crippen molar-refractivity contribution < 1.29 is 28.6 Å². The van der Waals surface area contributed by atoms with Gasteiger partial charge in [0.05, 0.1) is 0 Å². The summed E-state index contributed by atoms with van der Waals surface area (Å²) in [6.45, 7) is 6.67. The predicted molar refractivity (Wildman–Crippen MR) is 266 cm³/mol. The standard InChI is InChI=1S/C56H108O6/c1-4-7-10-13-16-19-21-23-24-25-26-27-28-29-30-31-33-34-37-40-43-46-49-55(58)61-52-53(51-60-54(57)48-45-42-39-36-18-15-12-9-6-3)62-56(59)50-47-44-41-38-35-32-22-20-17-14-11-8-5-2/h53H,4-52H2,1-3H3. The topological polar surface area (TPSA) is 78.9 Å². The Bertz CT molecular complexity index is 920. The first-order valence-electron chi connectivity index (χ1n) is 28.0. The molecule has 0 N–H and O–H groups in total. The maximum atomic E-state index is 12.8. The molecule has 0 heterocycles. The summed E-state index contributed by atoms with van der Waals surface area (Å²) in [6.07, 6.45) is 56.8. The second-order valence-corrected chi connectivity index (χ2v) is 19.2. The third-order valence-corrected chi connectivity index (χ3v) is 12.9. The Morgan fingerprint density at radius 3 is 0.645 bits per heavy atom. The first kappa shape index (κ1) is 60.4. The summed E-state index contributed by atoms with van der Waals surface area (Å²) in [7, 11) is 0. The summed E-state index contributed by atoms with van der Waals surface area (Å²) in [5.41, 5.74) is 0. The molecule has 0 saturated heterocycles. The third kappa shape index (κ3) is 49.4. The molecule has 0 spiro atoms. The van der Waals surface area contributed by atoms with E-state index in [0.717, 1.165) is 57.8 Å². The highest BCUT2D eigenvalue weighted by Crippen LogP contribution is 2.17. The van der Waals surface area contributed by atoms with E-state index in [1.165, 1.54) is 225 Å². The molecule has 1 unspecified atom stereocenters. The largest absolute Gasteiger partial charge is 0.462 e. The van der Waals surface area contributed by atoms with Crippen LogP contribution in [0, 0.1) is 0 Å². The minimum atomic E-state index is -0.759. The maximum absolute atomic E-state index is 12.8. The fourth-order valence-corrected chi connectivity index (χ4v) is 8.62. The van der Waals surface area contributed by atoms with Crippen LogP contribution in [0.15, 0.2) is 0 Å². The van der Waals surface area contributed by atoms with E-state index < -0.39 is 6.10 Å². The molecule has 0 aromatic heterocycles. The predicted octanol–water partition coefficient (Wildman–Crippen LogP) is 18.4. The van der Waals surface area contributed by atoms with Gasteiger partial charge >= 0.3 is 17.9 Å². The molecule has 0 rings (SSSR count). The van der Waals surface area contributed by atoms with Crippen LogP contribution in [-0.4, -0.2) is 37.2 Å². The van der Waals surface area contributed by atoms with Crippen molar-refractivity contribution in [3.05, 3.63) is 0 Å². The van der Waals surface area contributed by atoms with Crippen LogP contribution in [0.1, 0.15) is 323 Å². The molecule has 368 valence electrons. The van der Waals surface area contributed by atoms with Crippen LogP contribution in [0.4, 0.5) is 0 Å². The van der Waals surface area contributed by atoms with Crippen molar-refractivity contribution in [1.82, 2.24) is 0 Å². The van der Waals surface area contributed by atoms with E-state index in [1.807, 2.05) is 0 Å². The average Bonchev–Trinajstić information content (AvgIpc) is 3.27. The molecule has 0 saturated carbocycles. The quantitative estimate of drug-likeness (QED) is 0.0344. The number of rotatable bonds is 52. The Kier molecular flexibility index (Phi) is 50.7. The lowest BCUT2D eigenvalue weighted by Gasteiger charge is -2.18. The van der Waals surface area contributed by atoms with Crippen molar-refractivity contribution in [1.29, 1.82) is 0 Å². The fraction of sp³-hybridized carbons (Fsp3) is 0.946. The first-order valence-corrected chi connectivity index (χ1v) is 28.0. The van der Waals surface area contributed by atoms with Crippen molar-refractivity contribution in [2.24, 2.45) is 0 Å². The van der Waals surface area contributed by atoms with Gasteiger partial charge in [-0.3, -0.25) is 14.4 Å². The van der Waals surface area contributed by atoms with Gasteiger partial charge in [0.25, 0.3) is 0 Å². The van der Waals surface area contributed by atoms with Gasteiger partial charge in [-0.15, -0.1) is 0 Å². The molecule has 6 nitrogen and oxygen atoms in total. The van der Waals surface area contributed by atoms with E-state index in [0.29, 0.717) is 19.3 Å². The van der Waals surface area contributed by atoms with Gasteiger partial charge in [-0.05, 0) is 19.3 Å². The number of ether oxygens (including phenoxy) is 3. The zero-order valence-corrected chi connectivity index (χ0v) is 42.2. The van der Waals surface area contributed by atoms with Gasteiger partial charge in [-0.25, -0.2) is 0 Å². The minimum Gasteiger partial charge on any atom is -0.462 e. The van der Waals surface area contributed by atoms with Crippen molar-refractivity contribution in [3.63, 3.8) is 0 Å². The van der Waals surface area contributed by atoms with Crippen LogP contribution in [0.3, 0.4) is 0 Å². The third-order valence-electron chi connectivity index (χ3n) is 12.9. The summed E-state index contributed by atoms with van der Waals surface area (Å²) in [5, 5.41) is 0. The van der Waals surface area contributed by atoms with E-state index in [-0.39, 0.29) is 31.1 Å². The lowest BCUT2D eigenvalue weighted by Crippen LogP contribution is -2.30. The highest BCUT2D eigenvalue weighted by Gasteiger charge is 2.19. The summed E-state index contributed by atoms with van der Waals surface area (Å²) < 4.78 is 16.8. The van der Waals surface area contributed by atoms with Crippen LogP contribution in [-0.2, 0) is 28.6 Å². The van der Waals surface area contributed by atoms with Crippen molar-refractivity contribution >= 4 is 17.9 Å². The second kappa shape index (κ2) is 52.0. The molecule has 0 aliphatic rings. The van der Waals surface area contributed by atoms with Crippen LogP contribution >= 0.6 is 0 Å². The summed E-state index contributed by atoms with van der Waals surface area (Å²) in [6, 6.07) is 0. The number of carbonyl (C=O) groups is 3. The second-order valence-electron chi connectivity index (χ2n) is 19.2. The summed E-state index contributed by atoms with van der Waals surface area (Å²) >= 11 is 0. The van der Waals surface area contributed by atoms with Crippen LogP contribution < -0.4 is 0 Å². The molecular weight excluding hydrogens is 769 g/mol. The fourth-order valence-electron chi connectivity index (χ4n) is 8.62. The van der Waals surface area contributed by atoms with Crippen LogP contribution in [0.5, 0.6) is 0 Å². The number of hydrogen-bond donors (Lipinski definition) is 0.